The first-order valence-electron chi connectivity index (χ1n) is 5.03. The molecule has 0 aliphatic carbocycles. The van der Waals surface area contributed by atoms with Crippen LogP contribution < -0.4 is 5.32 Å². The summed E-state index contributed by atoms with van der Waals surface area (Å²) in [4.78, 5) is 11.5. The second kappa shape index (κ2) is 4.17. The number of para-hydroxylation sites is 1. The van der Waals surface area contributed by atoms with Crippen LogP contribution in [-0.2, 0) is 16.0 Å². The van der Waals surface area contributed by atoms with Crippen molar-refractivity contribution in [2.24, 2.45) is 0 Å². The van der Waals surface area contributed by atoms with Crippen LogP contribution in [0, 0.1) is 0 Å². The van der Waals surface area contributed by atoms with Crippen LogP contribution in [0.4, 0.5) is 5.69 Å². The lowest BCUT2D eigenvalue weighted by Crippen LogP contribution is -2.18. The zero-order valence-corrected chi connectivity index (χ0v) is 8.62. The maximum atomic E-state index is 11.5. The first kappa shape index (κ1) is 9.77. The molecular formula is C12H13NO2. The smallest absolute Gasteiger partial charge is 0.354 e. The highest BCUT2D eigenvalue weighted by Crippen LogP contribution is 2.23. The quantitative estimate of drug-likeness (QED) is 0.748. The Labute approximate surface area is 88.8 Å². The molecule has 0 bridgehead atoms. The Morgan fingerprint density at radius 3 is 3.07 bits per heavy atom. The fourth-order valence-corrected chi connectivity index (χ4v) is 1.57. The standard InChI is InChI=1S/C12H13NO2/c1-2-15-12(14)11-8-7-9-5-3-4-6-10(9)13-11/h3-6,8,13H,2,7H2,1H3. The zero-order chi connectivity index (χ0) is 10.7. The third kappa shape index (κ3) is 2.01. The average molecular weight is 203 g/mol. The first-order chi connectivity index (χ1) is 7.31. The molecule has 1 N–H and O–H groups in total. The van der Waals surface area contributed by atoms with Gasteiger partial charge < -0.3 is 10.1 Å². The van der Waals surface area contributed by atoms with Gasteiger partial charge in [0.05, 0.1) is 6.61 Å². The van der Waals surface area contributed by atoms with Crippen LogP contribution in [0.1, 0.15) is 12.5 Å². The molecule has 0 atom stereocenters. The summed E-state index contributed by atoms with van der Waals surface area (Å²) in [5.74, 6) is -0.285. The van der Waals surface area contributed by atoms with Gasteiger partial charge in [0.15, 0.2) is 0 Å². The van der Waals surface area contributed by atoms with Crippen molar-refractivity contribution in [1.29, 1.82) is 0 Å². The number of ether oxygens (including phenoxy) is 1. The second-order valence-electron chi connectivity index (χ2n) is 3.32. The van der Waals surface area contributed by atoms with E-state index in [4.69, 9.17) is 4.74 Å². The Kier molecular flexibility index (Phi) is 2.72. The minimum absolute atomic E-state index is 0.285. The maximum absolute atomic E-state index is 11.5. The molecule has 15 heavy (non-hydrogen) atoms. The molecule has 0 amide bonds. The van der Waals surface area contributed by atoms with Crippen LogP contribution in [0.15, 0.2) is 36.0 Å². The van der Waals surface area contributed by atoms with Gasteiger partial charge in [-0.25, -0.2) is 4.79 Å². The Hall–Kier alpha value is -1.77. The van der Waals surface area contributed by atoms with Gasteiger partial charge in [-0.3, -0.25) is 0 Å². The van der Waals surface area contributed by atoms with Crippen LogP contribution in [-0.4, -0.2) is 12.6 Å². The SMILES string of the molecule is CCOC(=O)C1=CCc2ccccc2N1. The summed E-state index contributed by atoms with van der Waals surface area (Å²) >= 11 is 0. The summed E-state index contributed by atoms with van der Waals surface area (Å²) in [6.45, 7) is 2.20. The molecule has 0 aromatic heterocycles. The highest BCUT2D eigenvalue weighted by Gasteiger charge is 2.15. The van der Waals surface area contributed by atoms with Crippen molar-refractivity contribution in [2.75, 3.05) is 11.9 Å². The summed E-state index contributed by atoms with van der Waals surface area (Å²) in [6, 6.07) is 7.94. The van der Waals surface area contributed by atoms with Crippen molar-refractivity contribution in [3.8, 4) is 0 Å². The average Bonchev–Trinajstić information content (AvgIpc) is 2.29. The summed E-state index contributed by atoms with van der Waals surface area (Å²) in [5.41, 5.74) is 2.73. The topological polar surface area (TPSA) is 38.3 Å². The Balaban J connectivity index is 2.16. The van der Waals surface area contributed by atoms with E-state index in [1.807, 2.05) is 30.3 Å². The van der Waals surface area contributed by atoms with Gasteiger partial charge >= 0.3 is 5.97 Å². The lowest BCUT2D eigenvalue weighted by Gasteiger charge is -2.17. The minimum Gasteiger partial charge on any atom is -0.461 e. The number of anilines is 1. The summed E-state index contributed by atoms with van der Waals surface area (Å²) in [6.07, 6.45) is 2.64. The van der Waals surface area contributed by atoms with E-state index in [1.54, 1.807) is 6.92 Å². The number of carbonyl (C=O) groups is 1. The molecule has 2 rings (SSSR count). The number of carbonyl (C=O) groups excluding carboxylic acids is 1. The Morgan fingerprint density at radius 2 is 2.27 bits per heavy atom. The number of esters is 1. The number of hydrogen-bond donors (Lipinski definition) is 1. The van der Waals surface area contributed by atoms with Gasteiger partial charge in [0.25, 0.3) is 0 Å². The largest absolute Gasteiger partial charge is 0.461 e. The van der Waals surface area contributed by atoms with Crippen molar-refractivity contribution in [3.05, 3.63) is 41.6 Å². The third-order valence-corrected chi connectivity index (χ3v) is 2.31. The molecule has 1 heterocycles. The molecule has 0 saturated carbocycles. The van der Waals surface area contributed by atoms with Crippen molar-refractivity contribution in [3.63, 3.8) is 0 Å². The van der Waals surface area contributed by atoms with Gasteiger partial charge in [-0.1, -0.05) is 18.2 Å². The molecule has 3 heteroatoms. The Morgan fingerprint density at radius 1 is 1.47 bits per heavy atom. The number of fused-ring (bicyclic) bond motifs is 1. The molecular weight excluding hydrogens is 190 g/mol. The lowest BCUT2D eigenvalue weighted by molar-refractivity contribution is -0.138. The van der Waals surface area contributed by atoms with E-state index in [2.05, 4.69) is 5.32 Å². The normalized spacial score (nSPS) is 13.5. The number of benzene rings is 1. The van der Waals surface area contributed by atoms with Crippen LogP contribution in [0.5, 0.6) is 0 Å². The van der Waals surface area contributed by atoms with Crippen LogP contribution in [0.2, 0.25) is 0 Å². The zero-order valence-electron chi connectivity index (χ0n) is 8.62. The van der Waals surface area contributed by atoms with Gasteiger partial charge in [-0.05, 0) is 31.1 Å². The van der Waals surface area contributed by atoms with E-state index >= 15 is 0 Å². The van der Waals surface area contributed by atoms with Gasteiger partial charge in [0.1, 0.15) is 5.70 Å². The number of hydrogen-bond acceptors (Lipinski definition) is 3. The molecule has 1 aliphatic rings. The fraction of sp³-hybridized carbons (Fsp3) is 0.250. The second-order valence-corrected chi connectivity index (χ2v) is 3.32. The number of nitrogens with one attached hydrogen (secondary N) is 1. The van der Waals surface area contributed by atoms with E-state index in [1.165, 1.54) is 5.56 Å². The highest BCUT2D eigenvalue weighted by molar-refractivity contribution is 5.93. The van der Waals surface area contributed by atoms with Crippen molar-refractivity contribution in [2.45, 2.75) is 13.3 Å². The molecule has 1 aliphatic heterocycles. The molecule has 0 fully saturated rings. The van der Waals surface area contributed by atoms with Gasteiger partial charge in [-0.2, -0.15) is 0 Å². The van der Waals surface area contributed by atoms with Gasteiger partial charge in [0.2, 0.25) is 0 Å². The molecule has 0 unspecified atom stereocenters. The van der Waals surface area contributed by atoms with Crippen molar-refractivity contribution in [1.82, 2.24) is 0 Å². The van der Waals surface area contributed by atoms with E-state index in [0.29, 0.717) is 12.3 Å². The summed E-state index contributed by atoms with van der Waals surface area (Å²) in [5, 5.41) is 3.07. The van der Waals surface area contributed by atoms with Crippen LogP contribution >= 0.6 is 0 Å². The van der Waals surface area contributed by atoms with E-state index in [0.717, 1.165) is 12.1 Å². The van der Waals surface area contributed by atoms with Crippen molar-refractivity contribution < 1.29 is 9.53 Å². The Bertz CT molecular complexity index is 410. The molecule has 1 aromatic carbocycles. The first-order valence-corrected chi connectivity index (χ1v) is 5.03. The molecule has 0 saturated heterocycles. The van der Waals surface area contributed by atoms with Crippen molar-refractivity contribution >= 4 is 11.7 Å². The minimum atomic E-state index is -0.285. The summed E-state index contributed by atoms with van der Waals surface area (Å²) < 4.78 is 4.93. The number of rotatable bonds is 2. The molecule has 0 spiro atoms. The highest BCUT2D eigenvalue weighted by atomic mass is 16.5. The summed E-state index contributed by atoms with van der Waals surface area (Å²) in [7, 11) is 0. The maximum Gasteiger partial charge on any atom is 0.354 e. The van der Waals surface area contributed by atoms with Gasteiger partial charge in [0, 0.05) is 5.69 Å². The molecule has 0 radical (unpaired) electrons. The van der Waals surface area contributed by atoms with E-state index in [-0.39, 0.29) is 5.97 Å². The van der Waals surface area contributed by atoms with E-state index < -0.39 is 0 Å². The van der Waals surface area contributed by atoms with Crippen LogP contribution in [0.3, 0.4) is 0 Å². The van der Waals surface area contributed by atoms with Crippen LogP contribution in [0.25, 0.3) is 0 Å². The monoisotopic (exact) mass is 203 g/mol. The predicted octanol–water partition coefficient (Wildman–Crippen LogP) is 2.10. The fourth-order valence-electron chi connectivity index (χ4n) is 1.57. The molecule has 1 aromatic rings. The lowest BCUT2D eigenvalue weighted by atomic mass is 10.1. The van der Waals surface area contributed by atoms with E-state index in [9.17, 15) is 4.79 Å². The number of allylic oxidation sites excluding steroid dienone is 1. The molecule has 3 nitrogen and oxygen atoms in total. The predicted molar refractivity (Wildman–Crippen MR) is 58.5 cm³/mol. The third-order valence-electron chi connectivity index (χ3n) is 2.31. The molecule has 78 valence electrons. The van der Waals surface area contributed by atoms with Gasteiger partial charge in [-0.15, -0.1) is 0 Å².